The zero-order valence-electron chi connectivity index (χ0n) is 7.99. The molecule has 0 unspecified atom stereocenters. The van der Waals surface area contributed by atoms with E-state index in [9.17, 15) is 9.90 Å². The number of carbonyl (C=O) groups is 1. The van der Waals surface area contributed by atoms with Gasteiger partial charge in [-0.15, -0.1) is 0 Å². The minimum atomic E-state index is -0.800. The van der Waals surface area contributed by atoms with Gasteiger partial charge in [0.05, 0.1) is 18.1 Å². The molecule has 4 heteroatoms. The number of aliphatic hydroxyl groups is 2. The highest BCUT2D eigenvalue weighted by atomic mass is 16.6. The van der Waals surface area contributed by atoms with Gasteiger partial charge in [-0.05, 0) is 13.3 Å². The first-order valence-corrected chi connectivity index (χ1v) is 4.54. The largest absolute Gasteiger partial charge is 0.459 e. The second-order valence-corrected chi connectivity index (χ2v) is 3.73. The van der Waals surface area contributed by atoms with Gasteiger partial charge in [-0.2, -0.15) is 0 Å². The Morgan fingerprint density at radius 1 is 1.69 bits per heavy atom. The average Bonchev–Trinajstić information content (AvgIpc) is 2.13. The van der Waals surface area contributed by atoms with E-state index in [1.165, 1.54) is 0 Å². The molecule has 76 valence electrons. The van der Waals surface area contributed by atoms with Gasteiger partial charge < -0.3 is 14.9 Å². The van der Waals surface area contributed by atoms with E-state index in [1.54, 1.807) is 6.92 Å². The SMILES string of the molecule is CC[C@@]1(C)C(=O)O[C@@H](CO)C[C@@H]1O. The number of esters is 1. The topological polar surface area (TPSA) is 66.8 Å². The molecular weight excluding hydrogens is 172 g/mol. The summed E-state index contributed by atoms with van der Waals surface area (Å²) in [5.41, 5.74) is -0.800. The molecule has 2 N–H and O–H groups in total. The number of rotatable bonds is 2. The Balaban J connectivity index is 2.76. The first kappa shape index (κ1) is 10.5. The van der Waals surface area contributed by atoms with Crippen molar-refractivity contribution in [2.45, 2.75) is 38.9 Å². The third-order valence-electron chi connectivity index (χ3n) is 2.90. The van der Waals surface area contributed by atoms with Crippen LogP contribution in [-0.4, -0.2) is 35.0 Å². The maximum atomic E-state index is 11.4. The van der Waals surface area contributed by atoms with Gasteiger partial charge in [0.1, 0.15) is 6.10 Å². The van der Waals surface area contributed by atoms with Crippen LogP contribution >= 0.6 is 0 Å². The van der Waals surface area contributed by atoms with Crippen LogP contribution in [0.2, 0.25) is 0 Å². The van der Waals surface area contributed by atoms with E-state index >= 15 is 0 Å². The lowest BCUT2D eigenvalue weighted by atomic mass is 9.77. The maximum absolute atomic E-state index is 11.4. The quantitative estimate of drug-likeness (QED) is 0.602. The molecule has 1 aliphatic rings. The molecule has 0 aromatic carbocycles. The van der Waals surface area contributed by atoms with E-state index in [-0.39, 0.29) is 6.61 Å². The summed E-state index contributed by atoms with van der Waals surface area (Å²) in [5, 5.41) is 18.5. The maximum Gasteiger partial charge on any atom is 0.314 e. The summed E-state index contributed by atoms with van der Waals surface area (Å²) in [7, 11) is 0. The molecule has 13 heavy (non-hydrogen) atoms. The number of cyclic esters (lactones) is 1. The van der Waals surface area contributed by atoms with E-state index in [2.05, 4.69) is 0 Å². The van der Waals surface area contributed by atoms with Gasteiger partial charge in [-0.1, -0.05) is 6.92 Å². The van der Waals surface area contributed by atoms with Gasteiger partial charge in [-0.3, -0.25) is 4.79 Å². The Hall–Kier alpha value is -0.610. The van der Waals surface area contributed by atoms with Crippen molar-refractivity contribution >= 4 is 5.97 Å². The van der Waals surface area contributed by atoms with Crippen LogP contribution in [0.5, 0.6) is 0 Å². The molecule has 0 aliphatic carbocycles. The van der Waals surface area contributed by atoms with E-state index in [0.29, 0.717) is 12.8 Å². The van der Waals surface area contributed by atoms with Crippen LogP contribution in [-0.2, 0) is 9.53 Å². The molecule has 3 atom stereocenters. The van der Waals surface area contributed by atoms with Gasteiger partial charge in [0.25, 0.3) is 0 Å². The third kappa shape index (κ3) is 1.69. The van der Waals surface area contributed by atoms with Crippen LogP contribution in [0.1, 0.15) is 26.7 Å². The second kappa shape index (κ2) is 3.64. The number of hydrogen-bond acceptors (Lipinski definition) is 4. The van der Waals surface area contributed by atoms with E-state index in [4.69, 9.17) is 9.84 Å². The highest BCUT2D eigenvalue weighted by molar-refractivity contribution is 5.78. The lowest BCUT2D eigenvalue weighted by Crippen LogP contribution is -2.49. The van der Waals surface area contributed by atoms with Crippen LogP contribution in [0.15, 0.2) is 0 Å². The van der Waals surface area contributed by atoms with E-state index in [1.807, 2.05) is 6.92 Å². The zero-order valence-corrected chi connectivity index (χ0v) is 7.99. The summed E-state index contributed by atoms with van der Waals surface area (Å²) in [4.78, 5) is 11.4. The molecule has 0 radical (unpaired) electrons. The van der Waals surface area contributed by atoms with E-state index in [0.717, 1.165) is 0 Å². The van der Waals surface area contributed by atoms with Crippen molar-refractivity contribution in [2.24, 2.45) is 5.41 Å². The molecule has 0 saturated carbocycles. The molecule has 4 nitrogen and oxygen atoms in total. The molecule has 1 aliphatic heterocycles. The van der Waals surface area contributed by atoms with Crippen molar-refractivity contribution in [3.8, 4) is 0 Å². The van der Waals surface area contributed by atoms with Crippen LogP contribution < -0.4 is 0 Å². The summed E-state index contributed by atoms with van der Waals surface area (Å²) >= 11 is 0. The van der Waals surface area contributed by atoms with Gasteiger partial charge in [0.2, 0.25) is 0 Å². The summed E-state index contributed by atoms with van der Waals surface area (Å²) in [6, 6.07) is 0. The molecule has 0 aromatic rings. The normalized spacial score (nSPS) is 40.2. The van der Waals surface area contributed by atoms with Gasteiger partial charge in [0, 0.05) is 6.42 Å². The van der Waals surface area contributed by atoms with Crippen molar-refractivity contribution in [1.29, 1.82) is 0 Å². The Bertz CT molecular complexity index is 204. The molecule has 0 spiro atoms. The molecular formula is C9H16O4. The van der Waals surface area contributed by atoms with Crippen LogP contribution in [0, 0.1) is 5.41 Å². The molecule has 0 aromatic heterocycles. The van der Waals surface area contributed by atoms with E-state index < -0.39 is 23.6 Å². The summed E-state index contributed by atoms with van der Waals surface area (Å²) in [6.45, 7) is 3.31. The van der Waals surface area contributed by atoms with Crippen molar-refractivity contribution in [3.05, 3.63) is 0 Å². The Kier molecular flexibility index (Phi) is 2.93. The van der Waals surface area contributed by atoms with Crippen molar-refractivity contribution in [3.63, 3.8) is 0 Å². The van der Waals surface area contributed by atoms with Crippen molar-refractivity contribution in [2.75, 3.05) is 6.61 Å². The third-order valence-corrected chi connectivity index (χ3v) is 2.90. The Morgan fingerprint density at radius 3 is 2.69 bits per heavy atom. The number of carbonyl (C=O) groups excluding carboxylic acids is 1. The number of aliphatic hydroxyl groups excluding tert-OH is 2. The summed E-state index contributed by atoms with van der Waals surface area (Å²) < 4.78 is 4.96. The number of ether oxygens (including phenoxy) is 1. The van der Waals surface area contributed by atoms with Crippen LogP contribution in [0.3, 0.4) is 0 Å². The lowest BCUT2D eigenvalue weighted by molar-refractivity contribution is -0.186. The van der Waals surface area contributed by atoms with Crippen LogP contribution in [0.4, 0.5) is 0 Å². The average molecular weight is 188 g/mol. The molecule has 1 fully saturated rings. The molecule has 0 amide bonds. The second-order valence-electron chi connectivity index (χ2n) is 3.73. The predicted octanol–water partition coefficient (Wildman–Crippen LogP) is 0.0714. The predicted molar refractivity (Wildman–Crippen MR) is 46.0 cm³/mol. The van der Waals surface area contributed by atoms with Crippen molar-refractivity contribution < 1.29 is 19.7 Å². The van der Waals surface area contributed by atoms with Gasteiger partial charge >= 0.3 is 5.97 Å². The first-order chi connectivity index (χ1) is 6.04. The van der Waals surface area contributed by atoms with Crippen LogP contribution in [0.25, 0.3) is 0 Å². The van der Waals surface area contributed by atoms with Crippen molar-refractivity contribution in [1.82, 2.24) is 0 Å². The number of hydrogen-bond donors (Lipinski definition) is 2. The Morgan fingerprint density at radius 2 is 2.31 bits per heavy atom. The van der Waals surface area contributed by atoms with Gasteiger partial charge in [-0.25, -0.2) is 0 Å². The Labute approximate surface area is 77.5 Å². The fourth-order valence-electron chi connectivity index (χ4n) is 1.47. The highest BCUT2D eigenvalue weighted by Gasteiger charge is 2.46. The van der Waals surface area contributed by atoms with Gasteiger partial charge in [0.15, 0.2) is 0 Å². The fourth-order valence-corrected chi connectivity index (χ4v) is 1.47. The molecule has 0 bridgehead atoms. The summed E-state index contributed by atoms with van der Waals surface area (Å²) in [6.07, 6.45) is -0.379. The monoisotopic (exact) mass is 188 g/mol. The lowest BCUT2D eigenvalue weighted by Gasteiger charge is -2.38. The summed E-state index contributed by atoms with van der Waals surface area (Å²) in [5.74, 6) is -0.409. The zero-order chi connectivity index (χ0) is 10.1. The smallest absolute Gasteiger partial charge is 0.314 e. The standard InChI is InChI=1S/C9H16O4/c1-3-9(2)7(11)4-6(5-10)13-8(9)12/h6-7,10-11H,3-5H2,1-2H3/t6-,7+,9-/m1/s1. The molecule has 1 saturated heterocycles. The minimum Gasteiger partial charge on any atom is -0.459 e. The highest BCUT2D eigenvalue weighted by Crippen LogP contribution is 2.35. The minimum absolute atomic E-state index is 0.220. The first-order valence-electron chi connectivity index (χ1n) is 4.54. The fraction of sp³-hybridized carbons (Fsp3) is 0.889. The molecule has 1 rings (SSSR count). The molecule has 1 heterocycles.